The Hall–Kier alpha value is -2.11. The number of amides is 1. The summed E-state index contributed by atoms with van der Waals surface area (Å²) in [6.07, 6.45) is 1.90. The number of aliphatic hydroxyl groups excluding tert-OH is 1. The minimum absolute atomic E-state index is 0.0723. The Morgan fingerprint density at radius 1 is 1.26 bits per heavy atom. The van der Waals surface area contributed by atoms with Crippen LogP contribution < -0.4 is 0 Å². The Bertz CT molecular complexity index is 605. The average Bonchev–Trinajstić information content (AvgIpc) is 3.27. The molecule has 1 saturated heterocycles. The first-order valence-electron chi connectivity index (χ1n) is 7.90. The highest BCUT2D eigenvalue weighted by molar-refractivity contribution is 5.81. The van der Waals surface area contributed by atoms with E-state index in [2.05, 4.69) is 0 Å². The van der Waals surface area contributed by atoms with Crippen LogP contribution in [-0.2, 0) is 16.1 Å². The van der Waals surface area contributed by atoms with Crippen molar-refractivity contribution in [3.8, 4) is 0 Å². The van der Waals surface area contributed by atoms with Crippen molar-refractivity contribution in [2.45, 2.75) is 31.6 Å². The largest absolute Gasteiger partial charge is 0.467 e. The van der Waals surface area contributed by atoms with Gasteiger partial charge in [0.25, 0.3) is 5.91 Å². The molecule has 3 rings (SSSR count). The molecule has 5 heteroatoms. The summed E-state index contributed by atoms with van der Waals surface area (Å²) in [6, 6.07) is 13.2. The zero-order chi connectivity index (χ0) is 16.1. The van der Waals surface area contributed by atoms with E-state index in [0.29, 0.717) is 18.9 Å². The lowest BCUT2D eigenvalue weighted by atomic mass is 10.1. The number of rotatable bonds is 6. The number of ether oxygens (including phenoxy) is 1. The summed E-state index contributed by atoms with van der Waals surface area (Å²) in [7, 11) is 0. The lowest BCUT2D eigenvalue weighted by molar-refractivity contribution is -0.143. The molecule has 0 unspecified atom stereocenters. The number of aliphatic hydroxyl groups is 1. The van der Waals surface area contributed by atoms with E-state index in [1.807, 2.05) is 30.3 Å². The molecule has 1 aliphatic heterocycles. The molecule has 1 fully saturated rings. The Labute approximate surface area is 135 Å². The first kappa shape index (κ1) is 15.8. The molecule has 1 aromatic heterocycles. The molecule has 5 nitrogen and oxygen atoms in total. The van der Waals surface area contributed by atoms with Crippen molar-refractivity contribution in [1.29, 1.82) is 0 Å². The van der Waals surface area contributed by atoms with Gasteiger partial charge in [0.1, 0.15) is 18.0 Å². The van der Waals surface area contributed by atoms with Gasteiger partial charge in [0, 0.05) is 13.2 Å². The predicted molar refractivity (Wildman–Crippen MR) is 84.5 cm³/mol. The van der Waals surface area contributed by atoms with E-state index in [0.717, 1.165) is 18.4 Å². The predicted octanol–water partition coefficient (Wildman–Crippen LogP) is 2.52. The van der Waals surface area contributed by atoms with Gasteiger partial charge in [-0.1, -0.05) is 30.3 Å². The van der Waals surface area contributed by atoms with Crippen LogP contribution in [0.15, 0.2) is 53.1 Å². The van der Waals surface area contributed by atoms with Gasteiger partial charge in [-0.3, -0.25) is 4.79 Å². The molecule has 1 amide bonds. The summed E-state index contributed by atoms with van der Waals surface area (Å²) >= 11 is 0. The number of benzene rings is 1. The van der Waals surface area contributed by atoms with Gasteiger partial charge in [0.2, 0.25) is 0 Å². The van der Waals surface area contributed by atoms with Gasteiger partial charge < -0.3 is 19.2 Å². The van der Waals surface area contributed by atoms with E-state index in [9.17, 15) is 9.90 Å². The Balaban J connectivity index is 1.73. The van der Waals surface area contributed by atoms with E-state index in [1.54, 1.807) is 17.0 Å². The second-order valence-corrected chi connectivity index (χ2v) is 5.74. The van der Waals surface area contributed by atoms with Crippen LogP contribution in [0, 0.1) is 0 Å². The lowest BCUT2D eigenvalue weighted by Gasteiger charge is -2.27. The van der Waals surface area contributed by atoms with Gasteiger partial charge in [-0.2, -0.15) is 0 Å². The monoisotopic (exact) mass is 315 g/mol. The van der Waals surface area contributed by atoms with E-state index in [4.69, 9.17) is 9.15 Å². The van der Waals surface area contributed by atoms with Crippen LogP contribution in [0.4, 0.5) is 0 Å². The minimum atomic E-state index is -0.848. The van der Waals surface area contributed by atoms with Gasteiger partial charge in [-0.25, -0.2) is 0 Å². The molecule has 1 aliphatic rings. The van der Waals surface area contributed by atoms with Crippen molar-refractivity contribution >= 4 is 5.91 Å². The van der Waals surface area contributed by atoms with Gasteiger partial charge in [0.15, 0.2) is 0 Å². The van der Waals surface area contributed by atoms with Gasteiger partial charge >= 0.3 is 0 Å². The fraction of sp³-hybridized carbons (Fsp3) is 0.389. The molecule has 1 N–H and O–H groups in total. The van der Waals surface area contributed by atoms with Crippen LogP contribution in [0.3, 0.4) is 0 Å². The molecule has 2 heterocycles. The Morgan fingerprint density at radius 3 is 2.74 bits per heavy atom. The molecule has 2 atom stereocenters. The van der Waals surface area contributed by atoms with Gasteiger partial charge in [0.05, 0.1) is 12.8 Å². The van der Waals surface area contributed by atoms with Crippen molar-refractivity contribution in [2.75, 3.05) is 13.2 Å². The maximum atomic E-state index is 12.7. The van der Waals surface area contributed by atoms with Crippen LogP contribution in [0.5, 0.6) is 0 Å². The SMILES string of the molecule is O=C([C@H]1CCCO1)N(Cc1ccccc1)C[C@H](O)c1ccco1. The average molecular weight is 315 g/mol. The number of hydrogen-bond acceptors (Lipinski definition) is 4. The summed E-state index contributed by atoms with van der Waals surface area (Å²) in [6.45, 7) is 1.24. The zero-order valence-corrected chi connectivity index (χ0v) is 12.9. The summed E-state index contributed by atoms with van der Waals surface area (Å²) in [5.41, 5.74) is 1.02. The van der Waals surface area contributed by atoms with Crippen molar-refractivity contribution in [3.05, 3.63) is 60.1 Å². The molecule has 2 aromatic rings. The van der Waals surface area contributed by atoms with Gasteiger partial charge in [-0.05, 0) is 30.5 Å². The number of furan rings is 1. The third kappa shape index (κ3) is 4.00. The lowest BCUT2D eigenvalue weighted by Crippen LogP contribution is -2.40. The number of hydrogen-bond donors (Lipinski definition) is 1. The Morgan fingerprint density at radius 2 is 2.09 bits per heavy atom. The second-order valence-electron chi connectivity index (χ2n) is 5.74. The second kappa shape index (κ2) is 7.44. The van der Waals surface area contributed by atoms with Gasteiger partial charge in [-0.15, -0.1) is 0 Å². The molecule has 23 heavy (non-hydrogen) atoms. The fourth-order valence-corrected chi connectivity index (χ4v) is 2.79. The molecular formula is C18H21NO4. The maximum Gasteiger partial charge on any atom is 0.252 e. The third-order valence-electron chi connectivity index (χ3n) is 4.00. The molecule has 1 aromatic carbocycles. The molecule has 0 spiro atoms. The Kier molecular flexibility index (Phi) is 5.10. The smallest absolute Gasteiger partial charge is 0.252 e. The van der Waals surface area contributed by atoms with Crippen molar-refractivity contribution < 1.29 is 19.1 Å². The number of nitrogens with zero attached hydrogens (tertiary/aromatic N) is 1. The number of carbonyl (C=O) groups excluding carboxylic acids is 1. The summed E-state index contributed by atoms with van der Waals surface area (Å²) < 4.78 is 10.7. The highest BCUT2D eigenvalue weighted by Gasteiger charge is 2.30. The molecule has 122 valence electrons. The first-order chi connectivity index (χ1) is 11.2. The molecular weight excluding hydrogens is 294 g/mol. The molecule has 0 aliphatic carbocycles. The maximum absolute atomic E-state index is 12.7. The van der Waals surface area contributed by atoms with Crippen LogP contribution in [-0.4, -0.2) is 35.2 Å². The van der Waals surface area contributed by atoms with Crippen molar-refractivity contribution in [2.24, 2.45) is 0 Å². The summed E-state index contributed by atoms with van der Waals surface area (Å²) in [5.74, 6) is 0.389. The van der Waals surface area contributed by atoms with E-state index in [-0.39, 0.29) is 12.5 Å². The zero-order valence-electron chi connectivity index (χ0n) is 12.9. The first-order valence-corrected chi connectivity index (χ1v) is 7.90. The number of carbonyl (C=O) groups is 1. The quantitative estimate of drug-likeness (QED) is 0.890. The van der Waals surface area contributed by atoms with Crippen LogP contribution in [0.25, 0.3) is 0 Å². The fourth-order valence-electron chi connectivity index (χ4n) is 2.79. The normalized spacial score (nSPS) is 18.7. The minimum Gasteiger partial charge on any atom is -0.467 e. The van der Waals surface area contributed by atoms with E-state index in [1.165, 1.54) is 6.26 Å². The van der Waals surface area contributed by atoms with Crippen LogP contribution in [0.1, 0.15) is 30.3 Å². The van der Waals surface area contributed by atoms with E-state index >= 15 is 0 Å². The topological polar surface area (TPSA) is 62.9 Å². The van der Waals surface area contributed by atoms with Crippen LogP contribution in [0.2, 0.25) is 0 Å². The summed E-state index contributed by atoms with van der Waals surface area (Å²) in [4.78, 5) is 14.4. The summed E-state index contributed by atoms with van der Waals surface area (Å²) in [5, 5.41) is 10.3. The highest BCUT2D eigenvalue weighted by atomic mass is 16.5. The van der Waals surface area contributed by atoms with E-state index < -0.39 is 12.2 Å². The molecule has 0 radical (unpaired) electrons. The third-order valence-corrected chi connectivity index (χ3v) is 4.00. The standard InChI is InChI=1S/C18H21NO4/c20-15(16-8-4-10-22-16)13-19(12-14-6-2-1-3-7-14)18(21)17-9-5-11-23-17/h1-4,6-8,10,15,17,20H,5,9,11-13H2/t15-,17+/m0/s1. The molecule has 0 saturated carbocycles. The molecule has 0 bridgehead atoms. The highest BCUT2D eigenvalue weighted by Crippen LogP contribution is 2.20. The van der Waals surface area contributed by atoms with Crippen molar-refractivity contribution in [1.82, 2.24) is 4.90 Å². The van der Waals surface area contributed by atoms with Crippen LogP contribution >= 0.6 is 0 Å². The van der Waals surface area contributed by atoms with Crippen molar-refractivity contribution in [3.63, 3.8) is 0 Å².